The van der Waals surface area contributed by atoms with E-state index in [1.54, 1.807) is 5.56 Å². The standard InChI is InChI=1S/C17H22N2/c1-12-5-4-9-17(11-12)16-14(8-10-18-17)13-6-2-3-7-15(13)19-16/h2-3,6-7,12,18-19H,4-5,8-11H2,1H3/t12-,17-/m1/s1. The van der Waals surface area contributed by atoms with Gasteiger partial charge in [-0.15, -0.1) is 0 Å². The molecule has 0 amide bonds. The summed E-state index contributed by atoms with van der Waals surface area (Å²) in [4.78, 5) is 3.73. The maximum absolute atomic E-state index is 3.85. The van der Waals surface area contributed by atoms with Crippen LogP contribution in [0.4, 0.5) is 0 Å². The molecule has 1 spiro atoms. The third-order valence-electron chi connectivity index (χ3n) is 5.13. The molecular weight excluding hydrogens is 232 g/mol. The quantitative estimate of drug-likeness (QED) is 0.737. The second kappa shape index (κ2) is 4.11. The number of rotatable bonds is 0. The second-order valence-corrected chi connectivity index (χ2v) is 6.48. The summed E-state index contributed by atoms with van der Waals surface area (Å²) >= 11 is 0. The summed E-state index contributed by atoms with van der Waals surface area (Å²) < 4.78 is 0. The van der Waals surface area contributed by atoms with Gasteiger partial charge in [0.15, 0.2) is 0 Å². The molecule has 2 aliphatic rings. The number of H-pyrrole nitrogens is 1. The molecule has 2 aromatic rings. The minimum atomic E-state index is 0.226. The van der Waals surface area contributed by atoms with Crippen LogP contribution in [0.3, 0.4) is 0 Å². The van der Waals surface area contributed by atoms with Gasteiger partial charge in [-0.3, -0.25) is 0 Å². The highest BCUT2D eigenvalue weighted by atomic mass is 15.0. The highest BCUT2D eigenvalue weighted by Crippen LogP contribution is 2.44. The van der Waals surface area contributed by atoms with Crippen LogP contribution in [0, 0.1) is 5.92 Å². The molecule has 2 N–H and O–H groups in total. The molecule has 0 saturated heterocycles. The van der Waals surface area contributed by atoms with E-state index in [1.165, 1.54) is 42.3 Å². The molecule has 4 rings (SSSR count). The second-order valence-electron chi connectivity index (χ2n) is 6.48. The molecule has 1 saturated carbocycles. The first kappa shape index (κ1) is 11.5. The molecule has 1 fully saturated rings. The summed E-state index contributed by atoms with van der Waals surface area (Å²) in [6.07, 6.45) is 6.47. The fourth-order valence-corrected chi connectivity index (χ4v) is 4.32. The van der Waals surface area contributed by atoms with Gasteiger partial charge < -0.3 is 10.3 Å². The van der Waals surface area contributed by atoms with Crippen molar-refractivity contribution < 1.29 is 0 Å². The number of nitrogens with one attached hydrogen (secondary N) is 2. The van der Waals surface area contributed by atoms with Crippen molar-refractivity contribution in [2.45, 2.75) is 44.6 Å². The Hall–Kier alpha value is -1.28. The van der Waals surface area contributed by atoms with Crippen molar-refractivity contribution in [1.82, 2.24) is 10.3 Å². The number of hydrogen-bond acceptors (Lipinski definition) is 1. The number of aromatic amines is 1. The average molecular weight is 254 g/mol. The van der Waals surface area contributed by atoms with Crippen molar-refractivity contribution in [1.29, 1.82) is 0 Å². The number of hydrogen-bond donors (Lipinski definition) is 2. The molecule has 1 aliphatic carbocycles. The van der Waals surface area contributed by atoms with E-state index in [-0.39, 0.29) is 5.54 Å². The molecule has 2 atom stereocenters. The van der Waals surface area contributed by atoms with Gasteiger partial charge in [0, 0.05) is 23.1 Å². The van der Waals surface area contributed by atoms with Crippen LogP contribution in [0.5, 0.6) is 0 Å². The summed E-state index contributed by atoms with van der Waals surface area (Å²) in [5.74, 6) is 0.832. The molecular formula is C17H22N2. The molecule has 2 nitrogen and oxygen atoms in total. The maximum Gasteiger partial charge on any atom is 0.0592 e. The van der Waals surface area contributed by atoms with Crippen LogP contribution in [0.15, 0.2) is 24.3 Å². The first-order valence-corrected chi connectivity index (χ1v) is 7.64. The van der Waals surface area contributed by atoms with Gasteiger partial charge in [0.1, 0.15) is 0 Å². The monoisotopic (exact) mass is 254 g/mol. The van der Waals surface area contributed by atoms with E-state index in [1.807, 2.05) is 0 Å². The van der Waals surface area contributed by atoms with Crippen molar-refractivity contribution >= 4 is 10.9 Å². The molecule has 19 heavy (non-hydrogen) atoms. The number of para-hydroxylation sites is 1. The summed E-state index contributed by atoms with van der Waals surface area (Å²) in [6.45, 7) is 3.53. The Morgan fingerprint density at radius 3 is 3.05 bits per heavy atom. The van der Waals surface area contributed by atoms with Crippen LogP contribution < -0.4 is 5.32 Å². The third kappa shape index (κ3) is 1.66. The minimum absolute atomic E-state index is 0.226. The van der Waals surface area contributed by atoms with Crippen LogP contribution >= 0.6 is 0 Å². The Morgan fingerprint density at radius 2 is 2.16 bits per heavy atom. The van der Waals surface area contributed by atoms with E-state index < -0.39 is 0 Å². The van der Waals surface area contributed by atoms with Crippen molar-refractivity contribution in [3.8, 4) is 0 Å². The van der Waals surface area contributed by atoms with Gasteiger partial charge in [-0.05, 0) is 36.8 Å². The van der Waals surface area contributed by atoms with Crippen LogP contribution in [-0.4, -0.2) is 11.5 Å². The lowest BCUT2D eigenvalue weighted by Gasteiger charge is -2.43. The first-order chi connectivity index (χ1) is 9.28. The normalized spacial score (nSPS) is 30.7. The molecule has 0 unspecified atom stereocenters. The molecule has 0 bridgehead atoms. The minimum Gasteiger partial charge on any atom is -0.357 e. The SMILES string of the molecule is C[C@@H]1CCC[C@]2(C1)NCCc1c2[nH]c2ccccc12. The Bertz CT molecular complexity index is 613. The molecule has 1 aromatic heterocycles. The molecule has 1 aromatic carbocycles. The Kier molecular flexibility index (Phi) is 2.49. The van der Waals surface area contributed by atoms with E-state index in [4.69, 9.17) is 0 Å². The van der Waals surface area contributed by atoms with Gasteiger partial charge in [-0.1, -0.05) is 38.0 Å². The van der Waals surface area contributed by atoms with E-state index >= 15 is 0 Å². The maximum atomic E-state index is 3.85. The van der Waals surface area contributed by atoms with Crippen molar-refractivity contribution in [3.63, 3.8) is 0 Å². The predicted octanol–water partition coefficient (Wildman–Crippen LogP) is 3.72. The highest BCUT2D eigenvalue weighted by Gasteiger charge is 2.41. The van der Waals surface area contributed by atoms with Gasteiger partial charge in [-0.25, -0.2) is 0 Å². The van der Waals surface area contributed by atoms with E-state index in [9.17, 15) is 0 Å². The Balaban J connectivity index is 1.90. The lowest BCUT2D eigenvalue weighted by Crippen LogP contribution is -2.50. The van der Waals surface area contributed by atoms with E-state index in [0.717, 1.165) is 18.9 Å². The highest BCUT2D eigenvalue weighted by molar-refractivity contribution is 5.85. The average Bonchev–Trinajstić information content (AvgIpc) is 2.80. The zero-order chi connectivity index (χ0) is 12.9. The van der Waals surface area contributed by atoms with Crippen molar-refractivity contribution in [2.24, 2.45) is 5.92 Å². The molecule has 2 heterocycles. The number of fused-ring (bicyclic) bond motifs is 4. The van der Waals surface area contributed by atoms with Gasteiger partial charge in [0.2, 0.25) is 0 Å². The third-order valence-corrected chi connectivity index (χ3v) is 5.13. The smallest absolute Gasteiger partial charge is 0.0592 e. The van der Waals surface area contributed by atoms with Gasteiger partial charge in [0.05, 0.1) is 5.54 Å². The van der Waals surface area contributed by atoms with Gasteiger partial charge in [0.25, 0.3) is 0 Å². The van der Waals surface area contributed by atoms with Gasteiger partial charge in [-0.2, -0.15) is 0 Å². The van der Waals surface area contributed by atoms with Gasteiger partial charge >= 0.3 is 0 Å². The van der Waals surface area contributed by atoms with Crippen LogP contribution in [0.25, 0.3) is 10.9 Å². The lowest BCUT2D eigenvalue weighted by atomic mass is 9.72. The largest absolute Gasteiger partial charge is 0.357 e. The lowest BCUT2D eigenvalue weighted by molar-refractivity contribution is 0.175. The number of benzene rings is 1. The summed E-state index contributed by atoms with van der Waals surface area (Å²) in [7, 11) is 0. The Labute approximate surface area is 114 Å². The van der Waals surface area contributed by atoms with E-state index in [0.29, 0.717) is 0 Å². The zero-order valence-electron chi connectivity index (χ0n) is 11.6. The van der Waals surface area contributed by atoms with Crippen LogP contribution in [0.1, 0.15) is 43.9 Å². The van der Waals surface area contributed by atoms with E-state index in [2.05, 4.69) is 41.5 Å². The van der Waals surface area contributed by atoms with Crippen molar-refractivity contribution in [3.05, 3.63) is 35.5 Å². The predicted molar refractivity (Wildman–Crippen MR) is 79.3 cm³/mol. The Morgan fingerprint density at radius 1 is 1.26 bits per heavy atom. The summed E-state index contributed by atoms with van der Waals surface area (Å²) in [5.41, 5.74) is 4.60. The topological polar surface area (TPSA) is 27.8 Å². The summed E-state index contributed by atoms with van der Waals surface area (Å²) in [5, 5.41) is 5.29. The zero-order valence-corrected chi connectivity index (χ0v) is 11.6. The molecule has 1 aliphatic heterocycles. The van der Waals surface area contributed by atoms with Crippen LogP contribution in [0.2, 0.25) is 0 Å². The molecule has 100 valence electrons. The molecule has 2 heteroatoms. The summed E-state index contributed by atoms with van der Waals surface area (Å²) in [6, 6.07) is 8.78. The van der Waals surface area contributed by atoms with Crippen LogP contribution in [-0.2, 0) is 12.0 Å². The number of aromatic nitrogens is 1. The fraction of sp³-hybridized carbons (Fsp3) is 0.529. The molecule has 0 radical (unpaired) electrons. The first-order valence-electron chi connectivity index (χ1n) is 7.64. The van der Waals surface area contributed by atoms with Crippen molar-refractivity contribution in [2.75, 3.05) is 6.54 Å². The fourth-order valence-electron chi connectivity index (χ4n) is 4.32.